The van der Waals surface area contributed by atoms with E-state index in [2.05, 4.69) is 31.9 Å². The summed E-state index contributed by atoms with van der Waals surface area (Å²) >= 11 is 5.59. The third kappa shape index (κ3) is 1.82. The van der Waals surface area contributed by atoms with E-state index in [4.69, 9.17) is 0 Å². The summed E-state index contributed by atoms with van der Waals surface area (Å²) in [5.41, 5.74) is -1.00. The lowest BCUT2D eigenvalue weighted by Crippen LogP contribution is -2.06. The van der Waals surface area contributed by atoms with Gasteiger partial charge in [-0.3, -0.25) is 0 Å². The van der Waals surface area contributed by atoms with Crippen molar-refractivity contribution in [3.05, 3.63) is 34.4 Å². The zero-order chi connectivity index (χ0) is 10.9. The lowest BCUT2D eigenvalue weighted by atomic mass is 10.1. The van der Waals surface area contributed by atoms with Crippen molar-refractivity contribution in [2.75, 3.05) is 0 Å². The Hall–Kier alpha value is -0.100. The fraction of sp³-hybridized carbons (Fsp3) is 0.250. The second-order valence-corrected chi connectivity index (χ2v) is 3.60. The maximum absolute atomic E-state index is 13.3. The van der Waals surface area contributed by atoms with Gasteiger partial charge in [0.05, 0.1) is 0 Å². The summed E-state index contributed by atoms with van der Waals surface area (Å²) in [5.74, 6) is -5.67. The summed E-state index contributed by atoms with van der Waals surface area (Å²) in [6.07, 6.45) is 0. The van der Waals surface area contributed by atoms with Gasteiger partial charge >= 0.3 is 0 Å². The first-order valence-electron chi connectivity index (χ1n) is 3.50. The molecule has 0 bridgehead atoms. The molecule has 1 aromatic rings. The first kappa shape index (κ1) is 12.0. The highest BCUT2D eigenvalue weighted by atomic mass is 79.9. The van der Waals surface area contributed by atoms with E-state index < -0.39 is 34.4 Å². The molecule has 0 aromatic heterocycles. The van der Waals surface area contributed by atoms with Crippen LogP contribution in [-0.4, -0.2) is 0 Å². The summed E-state index contributed by atoms with van der Waals surface area (Å²) in [7, 11) is 0. The third-order valence-electron chi connectivity index (χ3n) is 1.71. The zero-order valence-electron chi connectivity index (χ0n) is 6.68. The minimum atomic E-state index is -1.64. The van der Waals surface area contributed by atoms with Gasteiger partial charge in [0.2, 0.25) is 0 Å². The zero-order valence-corrected chi connectivity index (χ0v) is 9.85. The Balaban J connectivity index is 3.56. The first-order chi connectivity index (χ1) is 6.54. The Bertz CT molecular complexity index is 334. The summed E-state index contributed by atoms with van der Waals surface area (Å²) in [6, 6.07) is 0. The minimum Gasteiger partial charge on any atom is -0.206 e. The summed E-state index contributed by atoms with van der Waals surface area (Å²) in [6.45, 7) is 0. The van der Waals surface area contributed by atoms with Crippen LogP contribution in [0.2, 0.25) is 0 Å². The predicted octanol–water partition coefficient (Wildman–Crippen LogP) is 4.03. The summed E-state index contributed by atoms with van der Waals surface area (Å²) in [5, 5.41) is -0.413. The Kier molecular flexibility index (Phi) is 3.94. The SMILES string of the molecule is Fc1c(F)c(CBr)c(F)c(CBr)c1F. The molecule has 0 nitrogen and oxygen atoms in total. The Morgan fingerprint density at radius 3 is 1.29 bits per heavy atom. The van der Waals surface area contributed by atoms with Crippen LogP contribution in [0.1, 0.15) is 11.1 Å². The van der Waals surface area contributed by atoms with Crippen molar-refractivity contribution in [3.8, 4) is 0 Å². The van der Waals surface area contributed by atoms with E-state index in [1.807, 2.05) is 0 Å². The van der Waals surface area contributed by atoms with Crippen LogP contribution in [0.25, 0.3) is 0 Å². The molecule has 78 valence electrons. The van der Waals surface area contributed by atoms with Crippen LogP contribution in [0.15, 0.2) is 0 Å². The number of hydrogen-bond acceptors (Lipinski definition) is 0. The molecular weight excluding hydrogens is 332 g/mol. The number of alkyl halides is 2. The first-order valence-corrected chi connectivity index (χ1v) is 5.74. The highest BCUT2D eigenvalue weighted by molar-refractivity contribution is 9.08. The molecule has 0 atom stereocenters. The van der Waals surface area contributed by atoms with Gasteiger partial charge < -0.3 is 0 Å². The molecule has 0 N–H and O–H groups in total. The Morgan fingerprint density at radius 2 is 1.00 bits per heavy atom. The molecule has 0 unspecified atom stereocenters. The van der Waals surface area contributed by atoms with Crippen molar-refractivity contribution in [3.63, 3.8) is 0 Å². The molecule has 0 fully saturated rings. The number of hydrogen-bond donors (Lipinski definition) is 0. The predicted molar refractivity (Wildman–Crippen MR) is 51.5 cm³/mol. The van der Waals surface area contributed by atoms with Gasteiger partial charge in [-0.1, -0.05) is 31.9 Å². The fourth-order valence-electron chi connectivity index (χ4n) is 0.971. The van der Waals surface area contributed by atoms with E-state index >= 15 is 0 Å². The monoisotopic (exact) mass is 334 g/mol. The smallest absolute Gasteiger partial charge is 0.195 e. The maximum Gasteiger partial charge on any atom is 0.195 e. The van der Waals surface area contributed by atoms with Crippen LogP contribution in [0.4, 0.5) is 17.6 Å². The maximum atomic E-state index is 13.3. The second kappa shape index (κ2) is 4.61. The van der Waals surface area contributed by atoms with E-state index in [0.717, 1.165) is 0 Å². The molecule has 0 aliphatic carbocycles. The quantitative estimate of drug-likeness (QED) is 0.331. The van der Waals surface area contributed by atoms with E-state index in [-0.39, 0.29) is 10.7 Å². The Morgan fingerprint density at radius 1 is 0.643 bits per heavy atom. The highest BCUT2D eigenvalue weighted by Crippen LogP contribution is 2.27. The fourth-order valence-corrected chi connectivity index (χ4v) is 1.96. The van der Waals surface area contributed by atoms with Gasteiger partial charge in [0, 0.05) is 21.8 Å². The van der Waals surface area contributed by atoms with Crippen molar-refractivity contribution in [1.29, 1.82) is 0 Å². The van der Waals surface area contributed by atoms with Gasteiger partial charge in [-0.15, -0.1) is 0 Å². The van der Waals surface area contributed by atoms with Crippen molar-refractivity contribution < 1.29 is 17.6 Å². The van der Waals surface area contributed by atoms with Crippen LogP contribution >= 0.6 is 31.9 Å². The van der Waals surface area contributed by atoms with Gasteiger partial charge in [-0.05, 0) is 0 Å². The molecule has 14 heavy (non-hydrogen) atoms. The molecular formula is C8H4Br2F4. The molecule has 1 aromatic carbocycles. The van der Waals surface area contributed by atoms with Gasteiger partial charge in [0.25, 0.3) is 0 Å². The lowest BCUT2D eigenvalue weighted by molar-refractivity contribution is 0.422. The number of rotatable bonds is 2. The van der Waals surface area contributed by atoms with Crippen LogP contribution in [0.3, 0.4) is 0 Å². The van der Waals surface area contributed by atoms with E-state index in [1.54, 1.807) is 0 Å². The number of halogens is 6. The average molecular weight is 336 g/mol. The van der Waals surface area contributed by atoms with Gasteiger partial charge in [0.1, 0.15) is 5.82 Å². The molecule has 0 heterocycles. The molecule has 0 spiro atoms. The standard InChI is InChI=1S/C8H4Br2F4/c9-1-3-5(11)4(2-10)7(13)8(14)6(3)12/h1-2H2. The third-order valence-corrected chi connectivity index (χ3v) is 2.83. The largest absolute Gasteiger partial charge is 0.206 e. The molecule has 0 radical (unpaired) electrons. The Labute approximate surface area is 94.6 Å². The van der Waals surface area contributed by atoms with Gasteiger partial charge in [0.15, 0.2) is 17.5 Å². The summed E-state index contributed by atoms with van der Waals surface area (Å²) < 4.78 is 52.0. The van der Waals surface area contributed by atoms with E-state index in [9.17, 15) is 17.6 Å². The van der Waals surface area contributed by atoms with Crippen molar-refractivity contribution in [1.82, 2.24) is 0 Å². The van der Waals surface area contributed by atoms with Crippen LogP contribution in [-0.2, 0) is 10.7 Å². The van der Waals surface area contributed by atoms with E-state index in [1.165, 1.54) is 0 Å². The minimum absolute atomic E-state index is 0.206. The average Bonchev–Trinajstić information content (AvgIpc) is 2.16. The van der Waals surface area contributed by atoms with Crippen molar-refractivity contribution in [2.45, 2.75) is 10.7 Å². The molecule has 0 saturated heterocycles. The second-order valence-electron chi connectivity index (χ2n) is 2.48. The van der Waals surface area contributed by atoms with Gasteiger partial charge in [-0.25, -0.2) is 17.6 Å². The molecule has 0 aliphatic heterocycles. The van der Waals surface area contributed by atoms with Crippen LogP contribution in [0, 0.1) is 23.3 Å². The van der Waals surface area contributed by atoms with Crippen LogP contribution < -0.4 is 0 Å². The topological polar surface area (TPSA) is 0 Å². The highest BCUT2D eigenvalue weighted by Gasteiger charge is 2.23. The summed E-state index contributed by atoms with van der Waals surface area (Å²) in [4.78, 5) is 0. The molecule has 1 rings (SSSR count). The molecule has 0 saturated carbocycles. The lowest BCUT2D eigenvalue weighted by Gasteiger charge is -2.08. The van der Waals surface area contributed by atoms with E-state index in [0.29, 0.717) is 0 Å². The molecule has 0 amide bonds. The molecule has 6 heteroatoms. The van der Waals surface area contributed by atoms with Crippen LogP contribution in [0.5, 0.6) is 0 Å². The van der Waals surface area contributed by atoms with Crippen molar-refractivity contribution in [2.24, 2.45) is 0 Å². The molecule has 0 aliphatic rings. The van der Waals surface area contributed by atoms with Crippen molar-refractivity contribution >= 4 is 31.9 Å². The number of benzene rings is 1. The normalized spacial score (nSPS) is 10.7. The van der Waals surface area contributed by atoms with Gasteiger partial charge in [-0.2, -0.15) is 0 Å².